The van der Waals surface area contributed by atoms with E-state index in [1.165, 1.54) is 0 Å². The molecule has 0 rings (SSSR count). The van der Waals surface area contributed by atoms with Gasteiger partial charge in [0.1, 0.15) is 0 Å². The Bertz CT molecular complexity index is 181. The van der Waals surface area contributed by atoms with Crippen LogP contribution in [0.25, 0.3) is 0 Å². The number of allylic oxidation sites excluding steroid dienone is 3. The Morgan fingerprint density at radius 2 is 2.30 bits per heavy atom. The minimum Gasteiger partial charge on any atom is -0.192 e. The van der Waals surface area contributed by atoms with Crippen molar-refractivity contribution in [3.63, 3.8) is 0 Å². The minimum absolute atomic E-state index is 0.724. The number of rotatable bonds is 3. The summed E-state index contributed by atoms with van der Waals surface area (Å²) in [7, 11) is 0. The summed E-state index contributed by atoms with van der Waals surface area (Å²) in [5, 5.41) is 8.54. The Morgan fingerprint density at radius 3 is 2.60 bits per heavy atom. The molecule has 54 valence electrons. The SMILES string of the molecule is C=C/C(C#N)=C(/C)CCC. The molecule has 0 amide bonds. The van der Waals surface area contributed by atoms with Crippen molar-refractivity contribution >= 4 is 0 Å². The lowest BCUT2D eigenvalue weighted by atomic mass is 10.1. The number of nitrogens with zero attached hydrogens (tertiary/aromatic N) is 1. The van der Waals surface area contributed by atoms with Crippen LogP contribution in [0.5, 0.6) is 0 Å². The van der Waals surface area contributed by atoms with Crippen molar-refractivity contribution in [2.24, 2.45) is 0 Å². The van der Waals surface area contributed by atoms with Gasteiger partial charge in [-0.25, -0.2) is 0 Å². The summed E-state index contributed by atoms with van der Waals surface area (Å²) < 4.78 is 0. The highest BCUT2D eigenvalue weighted by molar-refractivity contribution is 5.35. The lowest BCUT2D eigenvalue weighted by Gasteiger charge is -1.97. The zero-order chi connectivity index (χ0) is 7.98. The van der Waals surface area contributed by atoms with E-state index in [1.54, 1.807) is 6.08 Å². The van der Waals surface area contributed by atoms with Crippen LogP contribution < -0.4 is 0 Å². The molecule has 0 aromatic carbocycles. The van der Waals surface area contributed by atoms with Crippen LogP contribution in [-0.4, -0.2) is 0 Å². The quantitative estimate of drug-likeness (QED) is 0.431. The van der Waals surface area contributed by atoms with Crippen molar-refractivity contribution < 1.29 is 0 Å². The molecular formula is C9H13N. The van der Waals surface area contributed by atoms with Crippen molar-refractivity contribution in [3.8, 4) is 6.07 Å². The zero-order valence-corrected chi connectivity index (χ0v) is 6.65. The van der Waals surface area contributed by atoms with Gasteiger partial charge in [-0.05, 0) is 13.3 Å². The van der Waals surface area contributed by atoms with Gasteiger partial charge in [-0.3, -0.25) is 0 Å². The van der Waals surface area contributed by atoms with Crippen molar-refractivity contribution in [3.05, 3.63) is 23.8 Å². The predicted octanol–water partition coefficient (Wildman–Crippen LogP) is 2.81. The summed E-state index contributed by atoms with van der Waals surface area (Å²) in [6.45, 7) is 7.63. The molecule has 0 aliphatic carbocycles. The average molecular weight is 135 g/mol. The van der Waals surface area contributed by atoms with Crippen molar-refractivity contribution in [2.45, 2.75) is 26.7 Å². The molecule has 0 N–H and O–H groups in total. The van der Waals surface area contributed by atoms with E-state index in [2.05, 4.69) is 19.6 Å². The van der Waals surface area contributed by atoms with Gasteiger partial charge in [0, 0.05) is 0 Å². The van der Waals surface area contributed by atoms with E-state index in [4.69, 9.17) is 5.26 Å². The summed E-state index contributed by atoms with van der Waals surface area (Å²) in [5.74, 6) is 0. The summed E-state index contributed by atoms with van der Waals surface area (Å²) in [5.41, 5.74) is 1.86. The fraction of sp³-hybridized carbons (Fsp3) is 0.444. The second-order valence-corrected chi connectivity index (χ2v) is 2.26. The van der Waals surface area contributed by atoms with Gasteiger partial charge in [-0.2, -0.15) is 5.26 Å². The monoisotopic (exact) mass is 135 g/mol. The van der Waals surface area contributed by atoms with Gasteiger partial charge in [-0.1, -0.05) is 31.6 Å². The Morgan fingerprint density at radius 1 is 1.70 bits per heavy atom. The molecule has 0 bridgehead atoms. The van der Waals surface area contributed by atoms with E-state index < -0.39 is 0 Å². The van der Waals surface area contributed by atoms with Gasteiger partial charge < -0.3 is 0 Å². The molecule has 0 atom stereocenters. The van der Waals surface area contributed by atoms with Crippen LogP contribution in [0.2, 0.25) is 0 Å². The van der Waals surface area contributed by atoms with Crippen LogP contribution in [0.15, 0.2) is 23.8 Å². The third-order valence-corrected chi connectivity index (χ3v) is 1.41. The molecule has 0 aromatic rings. The highest BCUT2D eigenvalue weighted by atomic mass is 14.2. The number of hydrogen-bond donors (Lipinski definition) is 0. The molecule has 0 aliphatic heterocycles. The lowest BCUT2D eigenvalue weighted by molar-refractivity contribution is 0.900. The molecule has 0 unspecified atom stereocenters. The van der Waals surface area contributed by atoms with Crippen LogP contribution >= 0.6 is 0 Å². The molecule has 0 fully saturated rings. The normalized spacial score (nSPS) is 11.7. The third kappa shape index (κ3) is 2.50. The molecule has 1 heteroatoms. The molecule has 0 saturated carbocycles. The zero-order valence-electron chi connectivity index (χ0n) is 6.65. The largest absolute Gasteiger partial charge is 0.192 e. The smallest absolute Gasteiger partial charge is 0.0990 e. The molecule has 0 aromatic heterocycles. The Hall–Kier alpha value is -1.03. The highest BCUT2D eigenvalue weighted by Crippen LogP contribution is 2.09. The summed E-state index contributed by atoms with van der Waals surface area (Å²) in [6.07, 6.45) is 3.70. The van der Waals surface area contributed by atoms with Gasteiger partial charge in [-0.15, -0.1) is 0 Å². The van der Waals surface area contributed by atoms with Crippen molar-refractivity contribution in [1.82, 2.24) is 0 Å². The first-order valence-electron chi connectivity index (χ1n) is 3.48. The number of hydrogen-bond acceptors (Lipinski definition) is 1. The maximum absolute atomic E-state index is 8.54. The first kappa shape index (κ1) is 8.97. The Kier molecular flexibility index (Phi) is 4.32. The second-order valence-electron chi connectivity index (χ2n) is 2.26. The molecular weight excluding hydrogens is 122 g/mol. The molecule has 0 radical (unpaired) electrons. The standard InChI is InChI=1S/C9H13N/c1-4-6-8(3)9(5-2)7-10/h5H,2,4,6H2,1,3H3/b9-8+. The third-order valence-electron chi connectivity index (χ3n) is 1.41. The van der Waals surface area contributed by atoms with Crippen LogP contribution in [0, 0.1) is 11.3 Å². The second kappa shape index (κ2) is 4.81. The van der Waals surface area contributed by atoms with E-state index in [0.717, 1.165) is 24.0 Å². The minimum atomic E-state index is 0.724. The lowest BCUT2D eigenvalue weighted by Crippen LogP contribution is -1.81. The van der Waals surface area contributed by atoms with E-state index in [9.17, 15) is 0 Å². The fourth-order valence-corrected chi connectivity index (χ4v) is 0.825. The summed E-state index contributed by atoms with van der Waals surface area (Å²) in [4.78, 5) is 0. The van der Waals surface area contributed by atoms with Crippen LogP contribution in [0.3, 0.4) is 0 Å². The van der Waals surface area contributed by atoms with Gasteiger partial charge in [0.25, 0.3) is 0 Å². The number of nitriles is 1. The van der Waals surface area contributed by atoms with E-state index >= 15 is 0 Å². The van der Waals surface area contributed by atoms with Crippen LogP contribution in [-0.2, 0) is 0 Å². The molecule has 0 heterocycles. The maximum Gasteiger partial charge on any atom is 0.0990 e. The Balaban J connectivity index is 4.31. The predicted molar refractivity (Wildman–Crippen MR) is 43.4 cm³/mol. The van der Waals surface area contributed by atoms with Gasteiger partial charge in [0.05, 0.1) is 11.6 Å². The first-order chi connectivity index (χ1) is 4.76. The highest BCUT2D eigenvalue weighted by Gasteiger charge is 1.94. The maximum atomic E-state index is 8.54. The summed E-state index contributed by atoms with van der Waals surface area (Å²) in [6, 6.07) is 2.10. The van der Waals surface area contributed by atoms with Crippen LogP contribution in [0.1, 0.15) is 26.7 Å². The Labute approximate surface area is 62.7 Å². The van der Waals surface area contributed by atoms with Crippen molar-refractivity contribution in [1.29, 1.82) is 5.26 Å². The van der Waals surface area contributed by atoms with E-state index in [1.807, 2.05) is 6.92 Å². The van der Waals surface area contributed by atoms with Crippen LogP contribution in [0.4, 0.5) is 0 Å². The van der Waals surface area contributed by atoms with E-state index in [-0.39, 0.29) is 0 Å². The molecule has 0 aliphatic rings. The van der Waals surface area contributed by atoms with Crippen molar-refractivity contribution in [2.75, 3.05) is 0 Å². The van der Waals surface area contributed by atoms with Gasteiger partial charge in [0.15, 0.2) is 0 Å². The molecule has 0 spiro atoms. The molecule has 10 heavy (non-hydrogen) atoms. The molecule has 1 nitrogen and oxygen atoms in total. The summed E-state index contributed by atoms with van der Waals surface area (Å²) >= 11 is 0. The first-order valence-corrected chi connectivity index (χ1v) is 3.48. The topological polar surface area (TPSA) is 23.8 Å². The molecule has 0 saturated heterocycles. The average Bonchev–Trinajstić information content (AvgIpc) is 1.91. The van der Waals surface area contributed by atoms with Gasteiger partial charge >= 0.3 is 0 Å². The van der Waals surface area contributed by atoms with Gasteiger partial charge in [0.2, 0.25) is 0 Å². The fourth-order valence-electron chi connectivity index (χ4n) is 0.825. The van der Waals surface area contributed by atoms with E-state index in [0.29, 0.717) is 0 Å².